The first-order valence-electron chi connectivity index (χ1n) is 2.30. The predicted octanol–water partition coefficient (Wildman–Crippen LogP) is 1.55. The average Bonchev–Trinajstić information content (AvgIpc) is 1.66. The van der Waals surface area contributed by atoms with Crippen molar-refractivity contribution >= 4 is 18.3 Å². The van der Waals surface area contributed by atoms with Gasteiger partial charge in [0.15, 0.2) is 0 Å². The van der Waals surface area contributed by atoms with E-state index in [4.69, 9.17) is 5.14 Å². The summed E-state index contributed by atoms with van der Waals surface area (Å²) < 4.78 is 3.70. The smallest absolute Gasteiger partial charge is 0.0555 e. The van der Waals surface area contributed by atoms with E-state index in [2.05, 4.69) is 4.40 Å². The van der Waals surface area contributed by atoms with Crippen molar-refractivity contribution in [3.05, 3.63) is 11.6 Å². The van der Waals surface area contributed by atoms with Crippen molar-refractivity contribution in [3.8, 4) is 0 Å². The molecule has 0 spiro atoms. The summed E-state index contributed by atoms with van der Waals surface area (Å²) in [6.45, 7) is 4.01. The standard InChI is InChI=1S/C5H10N2S/c1-5(2)3-4-7-8-6/h3-4H,6H2,1-2H3/b7-4-. The minimum absolute atomic E-state index is 0.968. The first-order chi connectivity index (χ1) is 3.77. The van der Waals surface area contributed by atoms with Crippen LogP contribution in [0.25, 0.3) is 0 Å². The van der Waals surface area contributed by atoms with Crippen LogP contribution in [0.1, 0.15) is 13.8 Å². The zero-order valence-electron chi connectivity index (χ0n) is 5.09. The summed E-state index contributed by atoms with van der Waals surface area (Å²) >= 11 is 0.968. The molecule has 2 nitrogen and oxygen atoms in total. The molecule has 0 aromatic heterocycles. The highest BCUT2D eigenvalue weighted by molar-refractivity contribution is 7.95. The fraction of sp³-hybridized carbons (Fsp3) is 0.400. The lowest BCUT2D eigenvalue weighted by Crippen LogP contribution is -1.71. The predicted molar refractivity (Wildman–Crippen MR) is 39.7 cm³/mol. The lowest BCUT2D eigenvalue weighted by molar-refractivity contribution is 1.41. The Morgan fingerprint density at radius 2 is 2.25 bits per heavy atom. The van der Waals surface area contributed by atoms with Crippen LogP contribution in [0.15, 0.2) is 16.0 Å². The van der Waals surface area contributed by atoms with E-state index in [1.54, 1.807) is 6.21 Å². The quantitative estimate of drug-likeness (QED) is 0.455. The molecule has 0 aliphatic rings. The van der Waals surface area contributed by atoms with Crippen LogP contribution in [-0.2, 0) is 0 Å². The first kappa shape index (κ1) is 7.72. The highest BCUT2D eigenvalue weighted by Gasteiger charge is 1.68. The van der Waals surface area contributed by atoms with Crippen molar-refractivity contribution in [3.63, 3.8) is 0 Å². The third kappa shape index (κ3) is 5.72. The Bertz CT molecular complexity index is 103. The molecular weight excluding hydrogens is 120 g/mol. The molecule has 0 aromatic rings. The first-order valence-corrected chi connectivity index (χ1v) is 3.14. The van der Waals surface area contributed by atoms with Crippen LogP contribution in [0.4, 0.5) is 0 Å². The van der Waals surface area contributed by atoms with Crippen molar-refractivity contribution in [1.29, 1.82) is 0 Å². The summed E-state index contributed by atoms with van der Waals surface area (Å²) in [5.41, 5.74) is 1.22. The van der Waals surface area contributed by atoms with Gasteiger partial charge >= 0.3 is 0 Å². The lowest BCUT2D eigenvalue weighted by atomic mass is 10.3. The molecule has 0 aliphatic heterocycles. The number of allylic oxidation sites excluding steroid dienone is 2. The van der Waals surface area contributed by atoms with E-state index in [1.165, 1.54) is 5.57 Å². The molecule has 0 radical (unpaired) electrons. The Labute approximate surface area is 54.1 Å². The third-order valence-electron chi connectivity index (χ3n) is 0.530. The van der Waals surface area contributed by atoms with Gasteiger partial charge in [-0.15, -0.1) is 0 Å². The minimum Gasteiger partial charge on any atom is -0.258 e. The summed E-state index contributed by atoms with van der Waals surface area (Å²) in [4.78, 5) is 0. The van der Waals surface area contributed by atoms with Crippen molar-refractivity contribution < 1.29 is 0 Å². The minimum atomic E-state index is 0.968. The summed E-state index contributed by atoms with van der Waals surface area (Å²) in [5.74, 6) is 0. The summed E-state index contributed by atoms with van der Waals surface area (Å²) in [6, 6.07) is 0. The molecule has 0 aromatic carbocycles. The second kappa shape index (κ2) is 4.87. The van der Waals surface area contributed by atoms with E-state index in [-0.39, 0.29) is 0 Å². The Morgan fingerprint density at radius 1 is 1.62 bits per heavy atom. The molecule has 0 fully saturated rings. The maximum absolute atomic E-state index is 5.00. The van der Waals surface area contributed by atoms with Gasteiger partial charge in [0.05, 0.1) is 12.1 Å². The fourth-order valence-corrected chi connectivity index (χ4v) is 0.346. The van der Waals surface area contributed by atoms with Gasteiger partial charge in [-0.1, -0.05) is 5.57 Å². The largest absolute Gasteiger partial charge is 0.258 e. The van der Waals surface area contributed by atoms with Crippen molar-refractivity contribution in [2.75, 3.05) is 0 Å². The Balaban J connectivity index is 3.42. The Morgan fingerprint density at radius 3 is 2.62 bits per heavy atom. The van der Waals surface area contributed by atoms with Gasteiger partial charge in [-0.25, -0.2) is 4.40 Å². The number of nitrogens with two attached hydrogens (primary N) is 1. The SMILES string of the molecule is CC(C)=C/C=N\SN. The van der Waals surface area contributed by atoms with Gasteiger partial charge < -0.3 is 0 Å². The van der Waals surface area contributed by atoms with Crippen LogP contribution in [-0.4, -0.2) is 6.21 Å². The number of rotatable bonds is 2. The van der Waals surface area contributed by atoms with Gasteiger partial charge in [0.25, 0.3) is 0 Å². The second-order valence-corrected chi connectivity index (χ2v) is 2.03. The molecule has 0 bridgehead atoms. The average molecular weight is 130 g/mol. The molecule has 46 valence electrons. The molecule has 3 heteroatoms. The highest BCUT2D eigenvalue weighted by Crippen LogP contribution is 1.87. The van der Waals surface area contributed by atoms with Crippen molar-refractivity contribution in [2.24, 2.45) is 9.54 Å². The summed E-state index contributed by atoms with van der Waals surface area (Å²) in [7, 11) is 0. The van der Waals surface area contributed by atoms with Gasteiger partial charge in [-0.3, -0.25) is 5.14 Å². The van der Waals surface area contributed by atoms with Gasteiger partial charge in [-0.05, 0) is 19.9 Å². The molecule has 0 atom stereocenters. The summed E-state index contributed by atoms with van der Waals surface area (Å²) in [5, 5.41) is 5.00. The fourth-order valence-electron chi connectivity index (χ4n) is 0.215. The monoisotopic (exact) mass is 130 g/mol. The zero-order valence-corrected chi connectivity index (χ0v) is 5.90. The van der Waals surface area contributed by atoms with E-state index in [1.807, 2.05) is 19.9 Å². The normalized spacial score (nSPS) is 9.88. The molecule has 2 N–H and O–H groups in total. The second-order valence-electron chi connectivity index (χ2n) is 1.60. The zero-order chi connectivity index (χ0) is 6.41. The van der Waals surface area contributed by atoms with Crippen LogP contribution in [0.2, 0.25) is 0 Å². The lowest BCUT2D eigenvalue weighted by Gasteiger charge is -1.79. The molecule has 0 saturated carbocycles. The van der Waals surface area contributed by atoms with E-state index < -0.39 is 0 Å². The number of nitrogens with zero attached hydrogens (tertiary/aromatic N) is 1. The van der Waals surface area contributed by atoms with Crippen molar-refractivity contribution in [2.45, 2.75) is 13.8 Å². The van der Waals surface area contributed by atoms with Gasteiger partial charge in [0.2, 0.25) is 0 Å². The Hall–Kier alpha value is -0.280. The van der Waals surface area contributed by atoms with E-state index in [0.29, 0.717) is 0 Å². The van der Waals surface area contributed by atoms with Crippen LogP contribution in [0.3, 0.4) is 0 Å². The van der Waals surface area contributed by atoms with Crippen LogP contribution in [0, 0.1) is 0 Å². The topological polar surface area (TPSA) is 38.4 Å². The van der Waals surface area contributed by atoms with E-state index in [0.717, 1.165) is 12.1 Å². The van der Waals surface area contributed by atoms with Gasteiger partial charge in [-0.2, -0.15) is 0 Å². The number of hydrogen-bond donors (Lipinski definition) is 1. The molecule has 0 saturated heterocycles. The van der Waals surface area contributed by atoms with Crippen LogP contribution < -0.4 is 5.14 Å². The molecule has 0 unspecified atom stereocenters. The maximum Gasteiger partial charge on any atom is 0.0555 e. The molecule has 0 aliphatic carbocycles. The third-order valence-corrected chi connectivity index (χ3v) is 0.773. The van der Waals surface area contributed by atoms with E-state index in [9.17, 15) is 0 Å². The highest BCUT2D eigenvalue weighted by atomic mass is 32.2. The van der Waals surface area contributed by atoms with Gasteiger partial charge in [0.1, 0.15) is 0 Å². The molecule has 0 rings (SSSR count). The molecule has 8 heavy (non-hydrogen) atoms. The molecule has 0 heterocycles. The molecule has 0 amide bonds. The van der Waals surface area contributed by atoms with Gasteiger partial charge in [0, 0.05) is 6.21 Å². The number of hydrogen-bond acceptors (Lipinski definition) is 3. The van der Waals surface area contributed by atoms with E-state index >= 15 is 0 Å². The van der Waals surface area contributed by atoms with Crippen LogP contribution in [0.5, 0.6) is 0 Å². The maximum atomic E-state index is 5.00. The van der Waals surface area contributed by atoms with Crippen LogP contribution >= 0.6 is 12.1 Å². The Kier molecular flexibility index (Phi) is 4.70. The summed E-state index contributed by atoms with van der Waals surface area (Å²) in [6.07, 6.45) is 3.58. The van der Waals surface area contributed by atoms with Crippen molar-refractivity contribution in [1.82, 2.24) is 0 Å². The molecular formula is C5H10N2S.